The maximum Gasteiger partial charge on any atom is 0.314 e. The maximum absolute atomic E-state index is 16.1. The minimum absolute atomic E-state index is 0.0628. The van der Waals surface area contributed by atoms with Crippen molar-refractivity contribution in [3.63, 3.8) is 0 Å². The highest BCUT2D eigenvalue weighted by molar-refractivity contribution is 5.99. The summed E-state index contributed by atoms with van der Waals surface area (Å²) in [6.45, 7) is 1.22. The highest BCUT2D eigenvalue weighted by Gasteiger charge is 2.45. The lowest BCUT2D eigenvalue weighted by Gasteiger charge is -2.40. The van der Waals surface area contributed by atoms with Crippen LogP contribution < -0.4 is 4.90 Å². The fraction of sp³-hybridized carbons (Fsp3) is 0.462. The lowest BCUT2D eigenvalue weighted by atomic mass is 9.90. The van der Waals surface area contributed by atoms with E-state index in [1.807, 2.05) is 6.07 Å². The van der Waals surface area contributed by atoms with Crippen molar-refractivity contribution in [1.82, 2.24) is 20.1 Å². The standard InChI is InChI=1S/C26H28F3N5O2/c27-22(28)24-32-31-23(36-24)18-10-11-19(30-16-18)17-34(21-8-2-1-3-9-21)25(35)26(29)12-14-33(15-13-26)20-6-4-5-7-20/h1-3,8-11,16,20,22H,4-7,12-15,17H2. The van der Waals surface area contributed by atoms with Crippen molar-refractivity contribution in [3.8, 4) is 11.5 Å². The molecule has 0 N–H and O–H groups in total. The molecular weight excluding hydrogens is 471 g/mol. The molecule has 0 unspecified atom stereocenters. The van der Waals surface area contributed by atoms with Crippen molar-refractivity contribution in [2.45, 2.75) is 63.2 Å². The van der Waals surface area contributed by atoms with E-state index in [2.05, 4.69) is 20.1 Å². The molecule has 0 atom stereocenters. The largest absolute Gasteiger partial charge is 0.415 e. The molecule has 1 amide bonds. The van der Waals surface area contributed by atoms with Crippen molar-refractivity contribution in [2.75, 3.05) is 18.0 Å². The summed E-state index contributed by atoms with van der Waals surface area (Å²) in [5.41, 5.74) is -0.476. The van der Waals surface area contributed by atoms with E-state index >= 15 is 4.39 Å². The van der Waals surface area contributed by atoms with Crippen LogP contribution in [0.1, 0.15) is 56.5 Å². The molecule has 1 saturated heterocycles. The van der Waals surface area contributed by atoms with E-state index in [0.717, 1.165) is 12.8 Å². The number of hydrogen-bond acceptors (Lipinski definition) is 6. The number of aromatic nitrogens is 3. The molecule has 0 bridgehead atoms. The van der Waals surface area contributed by atoms with Gasteiger partial charge in [-0.2, -0.15) is 8.78 Å². The molecule has 2 aromatic heterocycles. The van der Waals surface area contributed by atoms with Gasteiger partial charge >= 0.3 is 6.43 Å². The zero-order chi connectivity index (χ0) is 25.1. The zero-order valence-corrected chi connectivity index (χ0v) is 19.8. The van der Waals surface area contributed by atoms with Crippen LogP contribution in [0.15, 0.2) is 53.1 Å². The summed E-state index contributed by atoms with van der Waals surface area (Å²) in [7, 11) is 0. The number of nitrogens with zero attached hydrogens (tertiary/aromatic N) is 5. The fourth-order valence-corrected chi connectivity index (χ4v) is 5.10. The maximum atomic E-state index is 16.1. The second-order valence-electron chi connectivity index (χ2n) is 9.45. The lowest BCUT2D eigenvalue weighted by molar-refractivity contribution is -0.133. The molecule has 3 aromatic rings. The molecule has 0 radical (unpaired) electrons. The molecule has 0 spiro atoms. The van der Waals surface area contributed by atoms with Gasteiger partial charge in [-0.05, 0) is 37.1 Å². The molecule has 1 saturated carbocycles. The summed E-state index contributed by atoms with van der Waals surface area (Å²) >= 11 is 0. The molecule has 1 aliphatic heterocycles. The topological polar surface area (TPSA) is 75.4 Å². The first-order valence-corrected chi connectivity index (χ1v) is 12.3. The molecule has 3 heterocycles. The average molecular weight is 500 g/mol. The van der Waals surface area contributed by atoms with Crippen molar-refractivity contribution in [3.05, 3.63) is 60.2 Å². The molecule has 1 aliphatic carbocycles. The van der Waals surface area contributed by atoms with Crippen molar-refractivity contribution < 1.29 is 22.4 Å². The third-order valence-electron chi connectivity index (χ3n) is 7.15. The quantitative estimate of drug-likeness (QED) is 0.436. The number of likely N-dealkylation sites (tertiary alicyclic amines) is 1. The number of rotatable bonds is 7. The summed E-state index contributed by atoms with van der Waals surface area (Å²) in [6.07, 6.45) is 3.63. The monoisotopic (exact) mass is 499 g/mol. The number of pyridine rings is 1. The Morgan fingerprint density at radius 2 is 1.81 bits per heavy atom. The molecule has 1 aromatic carbocycles. The van der Waals surface area contributed by atoms with E-state index in [0.29, 0.717) is 36.1 Å². The van der Waals surface area contributed by atoms with Gasteiger partial charge in [0.25, 0.3) is 11.8 Å². The van der Waals surface area contributed by atoms with Crippen LogP contribution in [-0.2, 0) is 11.3 Å². The Kier molecular flexibility index (Phi) is 7.04. The fourth-order valence-electron chi connectivity index (χ4n) is 5.10. The molecular formula is C26H28F3N5O2. The summed E-state index contributed by atoms with van der Waals surface area (Å²) in [4.78, 5) is 21.7. The summed E-state index contributed by atoms with van der Waals surface area (Å²) in [5.74, 6) is -1.40. The number of amides is 1. The second kappa shape index (κ2) is 10.4. The number of para-hydroxylation sites is 1. The van der Waals surface area contributed by atoms with Crippen LogP contribution in [0.5, 0.6) is 0 Å². The van der Waals surface area contributed by atoms with E-state index < -0.39 is 23.9 Å². The number of carbonyl (C=O) groups is 1. The smallest absolute Gasteiger partial charge is 0.314 e. The van der Waals surface area contributed by atoms with Gasteiger partial charge in [0.15, 0.2) is 5.67 Å². The summed E-state index contributed by atoms with van der Waals surface area (Å²) in [5, 5.41) is 6.95. The number of hydrogen-bond donors (Lipinski definition) is 0. The van der Waals surface area contributed by atoms with Crippen molar-refractivity contribution in [1.29, 1.82) is 0 Å². The second-order valence-corrected chi connectivity index (χ2v) is 9.45. The normalized spacial score (nSPS) is 18.6. The van der Waals surface area contributed by atoms with Crippen LogP contribution in [0, 0.1) is 0 Å². The van der Waals surface area contributed by atoms with Crippen LogP contribution in [0.2, 0.25) is 0 Å². The van der Waals surface area contributed by atoms with Crippen LogP contribution in [0.3, 0.4) is 0 Å². The number of benzene rings is 1. The molecule has 36 heavy (non-hydrogen) atoms. The first kappa shape index (κ1) is 24.4. The van der Waals surface area contributed by atoms with Crippen LogP contribution >= 0.6 is 0 Å². The van der Waals surface area contributed by atoms with E-state index in [-0.39, 0.29) is 25.3 Å². The van der Waals surface area contributed by atoms with Gasteiger partial charge in [-0.25, -0.2) is 4.39 Å². The van der Waals surface area contributed by atoms with E-state index in [9.17, 15) is 13.6 Å². The summed E-state index contributed by atoms with van der Waals surface area (Å²) in [6, 6.07) is 12.7. The Bertz CT molecular complexity index is 1160. The molecule has 7 nitrogen and oxygen atoms in total. The van der Waals surface area contributed by atoms with Gasteiger partial charge in [0, 0.05) is 43.9 Å². The van der Waals surface area contributed by atoms with Crippen LogP contribution in [-0.4, -0.2) is 50.8 Å². The highest BCUT2D eigenvalue weighted by atomic mass is 19.3. The lowest BCUT2D eigenvalue weighted by Crippen LogP contribution is -2.54. The Morgan fingerprint density at radius 3 is 2.42 bits per heavy atom. The van der Waals surface area contributed by atoms with Crippen molar-refractivity contribution >= 4 is 11.6 Å². The zero-order valence-electron chi connectivity index (χ0n) is 19.8. The molecule has 2 aliphatic rings. The number of halogens is 3. The molecule has 10 heteroatoms. The van der Waals surface area contributed by atoms with Gasteiger partial charge in [-0.15, -0.1) is 10.2 Å². The number of alkyl halides is 3. The number of anilines is 1. The van der Waals surface area contributed by atoms with Gasteiger partial charge in [0.1, 0.15) is 0 Å². The van der Waals surface area contributed by atoms with E-state index in [1.54, 1.807) is 36.4 Å². The highest BCUT2D eigenvalue weighted by Crippen LogP contribution is 2.35. The SMILES string of the molecule is O=C(N(Cc1ccc(-c2nnc(C(F)F)o2)cn1)c1ccccc1)C1(F)CCN(C2CCCC2)CC1. The Hall–Kier alpha value is -3.27. The van der Waals surface area contributed by atoms with Crippen molar-refractivity contribution in [2.24, 2.45) is 0 Å². The Morgan fingerprint density at radius 1 is 1.08 bits per heavy atom. The van der Waals surface area contributed by atoms with Gasteiger partial charge in [-0.3, -0.25) is 9.78 Å². The number of piperidine rings is 1. The van der Waals surface area contributed by atoms with E-state index in [4.69, 9.17) is 4.42 Å². The minimum atomic E-state index is -2.86. The van der Waals surface area contributed by atoms with E-state index in [1.165, 1.54) is 23.9 Å². The average Bonchev–Trinajstić information content (AvgIpc) is 3.61. The van der Waals surface area contributed by atoms with Gasteiger partial charge in [-0.1, -0.05) is 31.0 Å². The minimum Gasteiger partial charge on any atom is -0.415 e. The molecule has 5 rings (SSSR count). The molecule has 2 fully saturated rings. The summed E-state index contributed by atoms with van der Waals surface area (Å²) < 4.78 is 46.5. The first-order valence-electron chi connectivity index (χ1n) is 12.3. The van der Waals surface area contributed by atoms with Gasteiger partial charge < -0.3 is 14.2 Å². The van der Waals surface area contributed by atoms with Gasteiger partial charge in [0.2, 0.25) is 5.89 Å². The number of carbonyl (C=O) groups excluding carboxylic acids is 1. The third-order valence-corrected chi connectivity index (χ3v) is 7.15. The van der Waals surface area contributed by atoms with Crippen LogP contribution in [0.25, 0.3) is 11.5 Å². The predicted molar refractivity (Wildman–Crippen MR) is 127 cm³/mol. The molecule has 190 valence electrons. The first-order chi connectivity index (χ1) is 17.4. The Labute approximate surface area is 207 Å². The Balaban J connectivity index is 1.32. The predicted octanol–water partition coefficient (Wildman–Crippen LogP) is 5.35. The third kappa shape index (κ3) is 5.13. The van der Waals surface area contributed by atoms with Gasteiger partial charge in [0.05, 0.1) is 17.8 Å². The van der Waals surface area contributed by atoms with Crippen LogP contribution in [0.4, 0.5) is 18.9 Å².